The fourth-order valence-electron chi connectivity index (χ4n) is 5.00. The van der Waals surface area contributed by atoms with Gasteiger partial charge in [0.05, 0.1) is 18.9 Å². The van der Waals surface area contributed by atoms with E-state index in [1.165, 1.54) is 0 Å². The maximum absolute atomic E-state index is 12.8. The molecule has 1 aliphatic heterocycles. The number of morpholine rings is 1. The van der Waals surface area contributed by atoms with E-state index in [9.17, 15) is 9.59 Å². The smallest absolute Gasteiger partial charge is 0.262 e. The topological polar surface area (TPSA) is 110 Å². The number of aromatic nitrogens is 3. The molecule has 224 valence electrons. The van der Waals surface area contributed by atoms with Gasteiger partial charge < -0.3 is 29.4 Å². The Kier molecular flexibility index (Phi) is 8.51. The average Bonchev–Trinajstić information content (AvgIpc) is 3.54. The first-order valence-electron chi connectivity index (χ1n) is 14.6. The molecule has 0 radical (unpaired) electrons. The van der Waals surface area contributed by atoms with Gasteiger partial charge in [0.25, 0.3) is 11.8 Å². The number of fused-ring (bicyclic) bond motifs is 1. The number of ether oxygens (including phenoxy) is 2. The van der Waals surface area contributed by atoms with Crippen LogP contribution in [0.3, 0.4) is 0 Å². The number of nitrogens with one attached hydrogen (secondary N) is 2. The van der Waals surface area contributed by atoms with Gasteiger partial charge in [0.15, 0.2) is 18.1 Å². The molecule has 3 aromatic carbocycles. The van der Waals surface area contributed by atoms with Crippen LogP contribution in [0.5, 0.6) is 5.75 Å². The highest BCUT2D eigenvalue weighted by atomic mass is 16.5. The third-order valence-electron chi connectivity index (χ3n) is 7.40. The first kappa shape index (κ1) is 28.9. The second-order valence-corrected chi connectivity index (χ2v) is 10.9. The lowest BCUT2D eigenvalue weighted by molar-refractivity contribution is -0.118. The third-order valence-corrected chi connectivity index (χ3v) is 7.40. The Hall–Kier alpha value is -5.22. The Bertz CT molecular complexity index is 1780. The number of hydrogen-bond acceptors (Lipinski definition) is 7. The summed E-state index contributed by atoms with van der Waals surface area (Å²) in [4.78, 5) is 36.7. The van der Waals surface area contributed by atoms with Gasteiger partial charge in [-0.05, 0) is 60.0 Å². The zero-order valence-corrected chi connectivity index (χ0v) is 24.7. The van der Waals surface area contributed by atoms with Crippen LogP contribution in [-0.2, 0) is 9.53 Å². The van der Waals surface area contributed by atoms with E-state index in [1.54, 1.807) is 11.1 Å². The summed E-state index contributed by atoms with van der Waals surface area (Å²) >= 11 is 0. The normalized spacial score (nSPS) is 13.2. The van der Waals surface area contributed by atoms with Crippen molar-refractivity contribution in [3.63, 3.8) is 0 Å². The molecule has 0 unspecified atom stereocenters. The van der Waals surface area contributed by atoms with Crippen LogP contribution in [0.2, 0.25) is 0 Å². The van der Waals surface area contributed by atoms with Crippen LogP contribution in [0.25, 0.3) is 16.9 Å². The highest BCUT2D eigenvalue weighted by Gasteiger charge is 2.18. The van der Waals surface area contributed by atoms with Crippen LogP contribution < -0.4 is 15.4 Å². The van der Waals surface area contributed by atoms with Crippen LogP contribution in [0.15, 0.2) is 91.4 Å². The monoisotopic (exact) mass is 590 g/mol. The molecule has 2 aromatic heterocycles. The maximum atomic E-state index is 12.8. The van der Waals surface area contributed by atoms with Gasteiger partial charge in [-0.3, -0.25) is 9.59 Å². The number of carbonyl (C=O) groups excluding carboxylic acids is 2. The van der Waals surface area contributed by atoms with E-state index in [0.717, 1.165) is 16.8 Å². The molecular formula is C34H34N6O4. The van der Waals surface area contributed by atoms with E-state index in [2.05, 4.69) is 29.5 Å². The van der Waals surface area contributed by atoms with E-state index in [-0.39, 0.29) is 18.4 Å². The van der Waals surface area contributed by atoms with Crippen molar-refractivity contribution in [3.8, 4) is 17.0 Å². The Labute approximate surface area is 255 Å². The highest BCUT2D eigenvalue weighted by Crippen LogP contribution is 2.27. The zero-order chi connectivity index (χ0) is 30.5. The number of nitrogens with zero attached hydrogens (tertiary/aromatic N) is 4. The third kappa shape index (κ3) is 6.71. The van der Waals surface area contributed by atoms with Crippen molar-refractivity contribution >= 4 is 34.7 Å². The molecular weight excluding hydrogens is 556 g/mol. The van der Waals surface area contributed by atoms with Gasteiger partial charge in [-0.25, -0.2) is 9.97 Å². The Balaban J connectivity index is 1.16. The number of carbonyl (C=O) groups is 2. The Morgan fingerprint density at radius 2 is 1.77 bits per heavy atom. The fraction of sp³-hybridized carbons (Fsp3) is 0.235. The standard InChI is InChI=1S/C34H34N6O4/c1-23(2)25-5-4-8-29(20-25)44-22-31(41)36-28-7-3-6-26(19-28)30-21-40-14-13-35-33(40)32(38-30)37-27-11-9-24(10-12-27)34(42)39-15-17-43-18-16-39/h3-14,19-21,23H,15-18,22H2,1-2H3,(H,36,41)(H,37,38). The van der Waals surface area contributed by atoms with Gasteiger partial charge in [0.1, 0.15) is 5.75 Å². The van der Waals surface area contributed by atoms with E-state index in [4.69, 9.17) is 14.5 Å². The molecule has 3 heterocycles. The fourth-order valence-corrected chi connectivity index (χ4v) is 5.00. The number of hydrogen-bond donors (Lipinski definition) is 2. The molecule has 5 aromatic rings. The molecule has 1 saturated heterocycles. The van der Waals surface area contributed by atoms with Crippen molar-refractivity contribution in [1.29, 1.82) is 0 Å². The van der Waals surface area contributed by atoms with Gasteiger partial charge in [-0.1, -0.05) is 38.1 Å². The van der Waals surface area contributed by atoms with Gasteiger partial charge in [-0.15, -0.1) is 0 Å². The quantitative estimate of drug-likeness (QED) is 0.225. The first-order chi connectivity index (χ1) is 21.4. The van der Waals surface area contributed by atoms with E-state index in [1.807, 2.05) is 89.6 Å². The van der Waals surface area contributed by atoms with E-state index >= 15 is 0 Å². The lowest BCUT2D eigenvalue weighted by atomic mass is 10.0. The summed E-state index contributed by atoms with van der Waals surface area (Å²) in [7, 11) is 0. The summed E-state index contributed by atoms with van der Waals surface area (Å²) in [6.45, 7) is 6.44. The summed E-state index contributed by atoms with van der Waals surface area (Å²) in [5.41, 5.74) is 5.35. The summed E-state index contributed by atoms with van der Waals surface area (Å²) in [5.74, 6) is 1.34. The van der Waals surface area contributed by atoms with Crippen molar-refractivity contribution in [3.05, 3.63) is 103 Å². The van der Waals surface area contributed by atoms with E-state index in [0.29, 0.717) is 66.4 Å². The average molecular weight is 591 g/mol. The van der Waals surface area contributed by atoms with Gasteiger partial charge >= 0.3 is 0 Å². The number of imidazole rings is 1. The predicted molar refractivity (Wildman–Crippen MR) is 170 cm³/mol. The van der Waals surface area contributed by atoms with Crippen molar-refractivity contribution in [2.24, 2.45) is 0 Å². The highest BCUT2D eigenvalue weighted by molar-refractivity contribution is 5.95. The largest absolute Gasteiger partial charge is 0.484 e. The maximum Gasteiger partial charge on any atom is 0.262 e. The minimum absolute atomic E-state index is 0.00511. The molecule has 6 rings (SSSR count). The summed E-state index contributed by atoms with van der Waals surface area (Å²) in [6, 6.07) is 22.6. The van der Waals surface area contributed by atoms with Crippen molar-refractivity contribution in [2.45, 2.75) is 19.8 Å². The summed E-state index contributed by atoms with van der Waals surface area (Å²) in [5, 5.41) is 6.27. The molecule has 0 spiro atoms. The molecule has 1 aliphatic rings. The minimum atomic E-state index is -0.256. The Morgan fingerprint density at radius 1 is 0.977 bits per heavy atom. The van der Waals surface area contributed by atoms with Crippen molar-refractivity contribution in [1.82, 2.24) is 19.3 Å². The molecule has 10 nitrogen and oxygen atoms in total. The van der Waals surface area contributed by atoms with Crippen LogP contribution in [0, 0.1) is 0 Å². The van der Waals surface area contributed by atoms with Crippen LogP contribution in [0.4, 0.5) is 17.2 Å². The Morgan fingerprint density at radius 3 is 2.57 bits per heavy atom. The van der Waals surface area contributed by atoms with Crippen molar-refractivity contribution in [2.75, 3.05) is 43.5 Å². The molecule has 2 amide bonds. The zero-order valence-electron chi connectivity index (χ0n) is 24.7. The molecule has 0 atom stereocenters. The molecule has 0 bridgehead atoms. The number of benzene rings is 3. The molecule has 0 saturated carbocycles. The minimum Gasteiger partial charge on any atom is -0.484 e. The number of rotatable bonds is 9. The van der Waals surface area contributed by atoms with Crippen LogP contribution >= 0.6 is 0 Å². The summed E-state index contributed by atoms with van der Waals surface area (Å²) in [6.07, 6.45) is 5.46. The van der Waals surface area contributed by atoms with Gasteiger partial charge in [0, 0.05) is 54.2 Å². The molecule has 2 N–H and O–H groups in total. The molecule has 10 heteroatoms. The van der Waals surface area contributed by atoms with Crippen LogP contribution in [-0.4, -0.2) is 64.0 Å². The number of amides is 2. The molecule has 0 aliphatic carbocycles. The SMILES string of the molecule is CC(C)c1cccc(OCC(=O)Nc2cccc(-c3cn4ccnc4c(Nc4ccc(C(=O)N5CCOCC5)cc4)n3)c2)c1. The lowest BCUT2D eigenvalue weighted by Gasteiger charge is -2.26. The van der Waals surface area contributed by atoms with Crippen molar-refractivity contribution < 1.29 is 19.1 Å². The first-order valence-corrected chi connectivity index (χ1v) is 14.6. The summed E-state index contributed by atoms with van der Waals surface area (Å²) < 4.78 is 13.0. The molecule has 44 heavy (non-hydrogen) atoms. The molecule has 1 fully saturated rings. The van der Waals surface area contributed by atoms with Crippen LogP contribution in [0.1, 0.15) is 35.7 Å². The second-order valence-electron chi connectivity index (χ2n) is 10.9. The number of anilines is 3. The second kappa shape index (κ2) is 13.0. The van der Waals surface area contributed by atoms with Gasteiger partial charge in [0.2, 0.25) is 0 Å². The predicted octanol–water partition coefficient (Wildman–Crippen LogP) is 5.75. The lowest BCUT2D eigenvalue weighted by Crippen LogP contribution is -2.40. The van der Waals surface area contributed by atoms with Gasteiger partial charge in [-0.2, -0.15) is 0 Å². The van der Waals surface area contributed by atoms with E-state index < -0.39 is 0 Å².